The number of carbonyl (C=O) groups excluding carboxylic acids is 2. The van der Waals surface area contributed by atoms with Crippen LogP contribution in [0.4, 0.5) is 0 Å². The Morgan fingerprint density at radius 2 is 1.26 bits per heavy atom. The Morgan fingerprint density at radius 1 is 0.714 bits per heavy atom. The first-order chi connectivity index (χ1) is 16.9. The topological polar surface area (TPSA) is 102 Å². The van der Waals surface area contributed by atoms with E-state index in [9.17, 15) is 9.59 Å². The molecule has 1 unspecified atom stereocenters. The number of esters is 2. The molecule has 0 amide bonds. The maximum atomic E-state index is 12.3. The standard InChI is InChI=1S/C26H31NO8/c1-30-21-10-15-9-16(14-27-20(26(29)35-6)7-8-25(28)34-5)18-12-23(32-3)24(33-4)13-19(18)17(15)11-22(21)31-2/h9-13,20,27H,7-8,14H2,1-6H3. The van der Waals surface area contributed by atoms with Gasteiger partial charge in [0, 0.05) is 13.0 Å². The third-order valence-corrected chi connectivity index (χ3v) is 5.93. The second-order valence-corrected chi connectivity index (χ2v) is 7.79. The molecule has 3 aromatic rings. The van der Waals surface area contributed by atoms with Gasteiger partial charge in [-0.3, -0.25) is 9.59 Å². The van der Waals surface area contributed by atoms with Crippen LogP contribution in [-0.4, -0.2) is 60.6 Å². The van der Waals surface area contributed by atoms with Gasteiger partial charge in [0.2, 0.25) is 0 Å². The molecule has 0 fully saturated rings. The van der Waals surface area contributed by atoms with E-state index in [1.807, 2.05) is 30.3 Å². The van der Waals surface area contributed by atoms with Crippen LogP contribution < -0.4 is 24.3 Å². The lowest BCUT2D eigenvalue weighted by molar-refractivity contribution is -0.144. The molecule has 35 heavy (non-hydrogen) atoms. The molecule has 0 saturated heterocycles. The summed E-state index contributed by atoms with van der Waals surface area (Å²) in [5, 5.41) is 6.92. The fourth-order valence-electron chi connectivity index (χ4n) is 4.07. The van der Waals surface area contributed by atoms with Crippen LogP contribution in [0.5, 0.6) is 23.0 Å². The molecular weight excluding hydrogens is 454 g/mol. The van der Waals surface area contributed by atoms with Crippen molar-refractivity contribution in [3.63, 3.8) is 0 Å². The first-order valence-corrected chi connectivity index (χ1v) is 11.0. The predicted molar refractivity (Wildman–Crippen MR) is 132 cm³/mol. The number of fused-ring (bicyclic) bond motifs is 3. The summed E-state index contributed by atoms with van der Waals surface area (Å²) in [6.07, 6.45) is 0.330. The lowest BCUT2D eigenvalue weighted by Crippen LogP contribution is -2.37. The van der Waals surface area contributed by atoms with E-state index >= 15 is 0 Å². The molecule has 1 atom stereocenters. The van der Waals surface area contributed by atoms with Crippen LogP contribution in [0.2, 0.25) is 0 Å². The van der Waals surface area contributed by atoms with Gasteiger partial charge in [-0.25, -0.2) is 0 Å². The van der Waals surface area contributed by atoms with E-state index in [0.29, 0.717) is 29.5 Å². The van der Waals surface area contributed by atoms with Crippen molar-refractivity contribution < 1.29 is 38.0 Å². The largest absolute Gasteiger partial charge is 0.493 e. The number of hydrogen-bond acceptors (Lipinski definition) is 9. The first-order valence-electron chi connectivity index (χ1n) is 11.0. The molecular formula is C26H31NO8. The van der Waals surface area contributed by atoms with Gasteiger partial charge in [-0.1, -0.05) is 0 Å². The summed E-state index contributed by atoms with van der Waals surface area (Å²) in [5.41, 5.74) is 0.910. The Kier molecular flexibility index (Phi) is 8.59. The van der Waals surface area contributed by atoms with E-state index in [1.165, 1.54) is 14.2 Å². The number of benzene rings is 3. The summed E-state index contributed by atoms with van der Waals surface area (Å²) < 4.78 is 31.7. The summed E-state index contributed by atoms with van der Waals surface area (Å²) >= 11 is 0. The molecule has 0 spiro atoms. The molecule has 0 aliphatic heterocycles. The first kappa shape index (κ1) is 25.9. The monoisotopic (exact) mass is 485 g/mol. The van der Waals surface area contributed by atoms with Crippen LogP contribution in [0.3, 0.4) is 0 Å². The van der Waals surface area contributed by atoms with Gasteiger partial charge >= 0.3 is 11.9 Å². The van der Waals surface area contributed by atoms with Gasteiger partial charge in [0.15, 0.2) is 23.0 Å². The quantitative estimate of drug-likeness (QED) is 0.322. The van der Waals surface area contributed by atoms with E-state index in [4.69, 9.17) is 28.4 Å². The van der Waals surface area contributed by atoms with Gasteiger partial charge in [0.25, 0.3) is 0 Å². The summed E-state index contributed by atoms with van der Waals surface area (Å²) in [5.74, 6) is 1.53. The molecule has 3 rings (SSSR count). The van der Waals surface area contributed by atoms with E-state index < -0.39 is 18.0 Å². The van der Waals surface area contributed by atoms with Crippen LogP contribution in [0.1, 0.15) is 18.4 Å². The molecule has 188 valence electrons. The van der Waals surface area contributed by atoms with E-state index in [1.54, 1.807) is 28.4 Å². The zero-order valence-electron chi connectivity index (χ0n) is 20.9. The van der Waals surface area contributed by atoms with Gasteiger partial charge in [-0.2, -0.15) is 0 Å². The van der Waals surface area contributed by atoms with Gasteiger partial charge in [0.05, 0.1) is 42.7 Å². The second-order valence-electron chi connectivity index (χ2n) is 7.79. The third-order valence-electron chi connectivity index (χ3n) is 5.93. The van der Waals surface area contributed by atoms with Crippen molar-refractivity contribution in [2.24, 2.45) is 0 Å². The Labute approximate surface area is 204 Å². The normalized spacial score (nSPS) is 11.7. The number of nitrogens with one attached hydrogen (secondary N) is 1. The Hall–Kier alpha value is -3.72. The lowest BCUT2D eigenvalue weighted by atomic mass is 9.95. The van der Waals surface area contributed by atoms with Crippen LogP contribution in [0.15, 0.2) is 30.3 Å². The molecule has 3 aromatic carbocycles. The molecule has 9 nitrogen and oxygen atoms in total. The Balaban J connectivity index is 2.13. The number of ether oxygens (including phenoxy) is 6. The SMILES string of the molecule is COC(=O)CCC(NCc1cc2cc(OC)c(OC)cc2c2cc(OC)c(OC)cc12)C(=O)OC. The van der Waals surface area contributed by atoms with Crippen LogP contribution in [0, 0.1) is 0 Å². The Bertz CT molecular complexity index is 1220. The van der Waals surface area contributed by atoms with Crippen molar-refractivity contribution in [2.75, 3.05) is 42.7 Å². The highest BCUT2D eigenvalue weighted by molar-refractivity contribution is 6.11. The van der Waals surface area contributed by atoms with E-state index in [2.05, 4.69) is 5.32 Å². The molecule has 0 radical (unpaired) electrons. The summed E-state index contributed by atoms with van der Waals surface area (Å²) in [7, 11) is 8.98. The summed E-state index contributed by atoms with van der Waals surface area (Å²) in [6, 6.07) is 8.99. The number of methoxy groups -OCH3 is 6. The number of carbonyl (C=O) groups is 2. The summed E-state index contributed by atoms with van der Waals surface area (Å²) in [6.45, 7) is 0.331. The van der Waals surface area contributed by atoms with Crippen molar-refractivity contribution in [3.8, 4) is 23.0 Å². The Morgan fingerprint density at radius 3 is 1.80 bits per heavy atom. The second kappa shape index (κ2) is 11.6. The minimum absolute atomic E-state index is 0.0871. The average Bonchev–Trinajstić information content (AvgIpc) is 2.90. The van der Waals surface area contributed by atoms with Crippen molar-refractivity contribution >= 4 is 33.5 Å². The van der Waals surface area contributed by atoms with Crippen molar-refractivity contribution in [1.82, 2.24) is 5.32 Å². The molecule has 0 aliphatic rings. The van der Waals surface area contributed by atoms with Crippen LogP contribution in [-0.2, 0) is 25.6 Å². The van der Waals surface area contributed by atoms with E-state index in [0.717, 1.165) is 27.1 Å². The number of hydrogen-bond donors (Lipinski definition) is 1. The zero-order chi connectivity index (χ0) is 25.5. The summed E-state index contributed by atoms with van der Waals surface area (Å²) in [4.78, 5) is 24.0. The smallest absolute Gasteiger partial charge is 0.322 e. The highest BCUT2D eigenvalue weighted by Gasteiger charge is 2.21. The molecule has 0 heterocycles. The molecule has 0 bridgehead atoms. The molecule has 1 N–H and O–H groups in total. The van der Waals surface area contributed by atoms with Gasteiger partial charge in [-0.05, 0) is 63.9 Å². The van der Waals surface area contributed by atoms with Crippen molar-refractivity contribution in [3.05, 3.63) is 35.9 Å². The fourth-order valence-corrected chi connectivity index (χ4v) is 4.07. The fraction of sp³-hybridized carbons (Fsp3) is 0.385. The van der Waals surface area contributed by atoms with Gasteiger partial charge < -0.3 is 33.7 Å². The van der Waals surface area contributed by atoms with Gasteiger partial charge in [0.1, 0.15) is 6.04 Å². The number of rotatable bonds is 11. The maximum absolute atomic E-state index is 12.3. The highest BCUT2D eigenvalue weighted by Crippen LogP contribution is 2.41. The molecule has 0 aromatic heterocycles. The zero-order valence-corrected chi connectivity index (χ0v) is 20.9. The van der Waals surface area contributed by atoms with Crippen LogP contribution >= 0.6 is 0 Å². The molecule has 9 heteroatoms. The van der Waals surface area contributed by atoms with Gasteiger partial charge in [-0.15, -0.1) is 0 Å². The van der Waals surface area contributed by atoms with Crippen molar-refractivity contribution in [2.45, 2.75) is 25.4 Å². The highest BCUT2D eigenvalue weighted by atomic mass is 16.5. The average molecular weight is 486 g/mol. The van der Waals surface area contributed by atoms with Crippen molar-refractivity contribution in [1.29, 1.82) is 0 Å². The maximum Gasteiger partial charge on any atom is 0.322 e. The minimum Gasteiger partial charge on any atom is -0.493 e. The molecule has 0 saturated carbocycles. The van der Waals surface area contributed by atoms with Crippen LogP contribution in [0.25, 0.3) is 21.5 Å². The molecule has 0 aliphatic carbocycles. The lowest BCUT2D eigenvalue weighted by Gasteiger charge is -2.19. The predicted octanol–water partition coefficient (Wildman–Crippen LogP) is 3.61. The minimum atomic E-state index is -0.685. The third kappa shape index (κ3) is 5.51. The van der Waals surface area contributed by atoms with E-state index in [-0.39, 0.29) is 12.8 Å².